The van der Waals surface area contributed by atoms with Gasteiger partial charge < -0.3 is 9.63 Å². The van der Waals surface area contributed by atoms with Crippen LogP contribution in [0.1, 0.15) is 20.3 Å². The molecule has 6 heteroatoms. The Morgan fingerprint density at radius 1 is 1.08 bits per heavy atom. The maximum atomic E-state index is 10.4. The summed E-state index contributed by atoms with van der Waals surface area (Å²) in [5.41, 5.74) is 2.23. The molecule has 0 aromatic carbocycles. The van der Waals surface area contributed by atoms with Crippen LogP contribution in [0.4, 0.5) is 0 Å². The van der Waals surface area contributed by atoms with Crippen molar-refractivity contribution >= 4 is 12.0 Å². The highest BCUT2D eigenvalue weighted by atomic mass is 16.6. The van der Waals surface area contributed by atoms with Crippen molar-refractivity contribution in [3.63, 3.8) is 0 Å². The van der Waals surface area contributed by atoms with Crippen LogP contribution in [0.2, 0.25) is 0 Å². The van der Waals surface area contributed by atoms with Gasteiger partial charge >= 0.3 is 0 Å². The minimum atomic E-state index is -0.575. The maximum Gasteiger partial charge on any atom is 0.262 e. The summed E-state index contributed by atoms with van der Waals surface area (Å²) >= 11 is 0. The van der Waals surface area contributed by atoms with E-state index in [1.807, 2.05) is 6.92 Å². The van der Waals surface area contributed by atoms with E-state index in [4.69, 9.17) is 0 Å². The standard InChI is InChI=1S/C15H18N2O3.C3H6O/c1-11(7-8-13(3)15(5)16-20-6)12(2)9-10-14(4)17(18)19;1-2-3-4/h7-10H,1-4H2,5-6H3;3H,2H2,1H3/b8-7-,10-9-,16-15+;. The third-order valence-corrected chi connectivity index (χ3v) is 2.47. The van der Waals surface area contributed by atoms with E-state index >= 15 is 0 Å². The normalized spacial score (nSPS) is 10.7. The van der Waals surface area contributed by atoms with E-state index in [1.54, 1.807) is 19.1 Å². The third kappa shape index (κ3) is 11.6. The van der Waals surface area contributed by atoms with Crippen molar-refractivity contribution < 1.29 is 14.6 Å². The van der Waals surface area contributed by atoms with Gasteiger partial charge in [-0.3, -0.25) is 10.1 Å². The zero-order chi connectivity index (χ0) is 19.1. The Balaban J connectivity index is 0. The number of allylic oxidation sites excluding steroid dienone is 7. The highest BCUT2D eigenvalue weighted by Gasteiger charge is 2.01. The molecule has 0 spiro atoms. The molecule has 6 nitrogen and oxygen atoms in total. The Hall–Kier alpha value is -3.02. The summed E-state index contributed by atoms with van der Waals surface area (Å²) in [4.78, 5) is 23.6. The molecule has 0 heterocycles. The first-order valence-electron chi connectivity index (χ1n) is 6.99. The highest BCUT2D eigenvalue weighted by molar-refractivity contribution is 5.99. The molecule has 0 aliphatic rings. The predicted molar refractivity (Wildman–Crippen MR) is 98.3 cm³/mol. The van der Waals surface area contributed by atoms with E-state index in [0.29, 0.717) is 28.9 Å². The van der Waals surface area contributed by atoms with Gasteiger partial charge in [-0.2, -0.15) is 0 Å². The van der Waals surface area contributed by atoms with Crippen LogP contribution in [-0.2, 0) is 9.63 Å². The van der Waals surface area contributed by atoms with Gasteiger partial charge in [0.2, 0.25) is 0 Å². The second kappa shape index (κ2) is 13.6. The van der Waals surface area contributed by atoms with Crippen LogP contribution in [0.15, 0.2) is 78.2 Å². The SMILES string of the molecule is C=C(/C=C\C(=C)/C(C)=N/OC)C(=C)/C=C\C(=C)[N+](=O)[O-].CCC=O. The average molecular weight is 332 g/mol. The molecule has 0 radical (unpaired) electrons. The molecule has 130 valence electrons. The first-order valence-corrected chi connectivity index (χ1v) is 6.99. The molecule has 0 amide bonds. The van der Waals surface area contributed by atoms with E-state index in [1.165, 1.54) is 19.3 Å². The fraction of sp³-hybridized carbons (Fsp3) is 0.222. The molecule has 0 rings (SSSR count). The van der Waals surface area contributed by atoms with Crippen LogP contribution in [0.3, 0.4) is 0 Å². The number of nitro groups is 1. The quantitative estimate of drug-likeness (QED) is 0.208. The smallest absolute Gasteiger partial charge is 0.262 e. The lowest BCUT2D eigenvalue weighted by Crippen LogP contribution is -1.94. The molecule has 0 atom stereocenters. The highest BCUT2D eigenvalue weighted by Crippen LogP contribution is 2.11. The second-order valence-electron chi connectivity index (χ2n) is 4.43. The van der Waals surface area contributed by atoms with Gasteiger partial charge in [-0.05, 0) is 36.3 Å². The third-order valence-electron chi connectivity index (χ3n) is 2.47. The summed E-state index contributed by atoms with van der Waals surface area (Å²) in [5.74, 6) is 0. The predicted octanol–water partition coefficient (Wildman–Crippen LogP) is 4.18. The molecular formula is C18H24N2O4. The minimum absolute atomic E-state index is 0.213. The molecule has 0 N–H and O–H groups in total. The Bertz CT molecular complexity index is 596. The molecule has 0 aliphatic heterocycles. The van der Waals surface area contributed by atoms with Crippen LogP contribution < -0.4 is 0 Å². The van der Waals surface area contributed by atoms with E-state index in [9.17, 15) is 14.9 Å². The van der Waals surface area contributed by atoms with Gasteiger partial charge in [0.15, 0.2) is 0 Å². The van der Waals surface area contributed by atoms with Gasteiger partial charge in [0.25, 0.3) is 5.70 Å². The van der Waals surface area contributed by atoms with Gasteiger partial charge in [-0.1, -0.05) is 44.0 Å². The Labute approximate surface area is 143 Å². The molecule has 0 fully saturated rings. The van der Waals surface area contributed by atoms with Crippen LogP contribution in [-0.4, -0.2) is 24.0 Å². The first-order chi connectivity index (χ1) is 11.2. The van der Waals surface area contributed by atoms with Crippen molar-refractivity contribution in [3.8, 4) is 0 Å². The van der Waals surface area contributed by atoms with E-state index in [0.717, 1.165) is 6.29 Å². The van der Waals surface area contributed by atoms with E-state index in [-0.39, 0.29) is 5.70 Å². The summed E-state index contributed by atoms with van der Waals surface area (Å²) in [6.07, 6.45) is 7.67. The van der Waals surface area contributed by atoms with Crippen molar-refractivity contribution in [2.24, 2.45) is 5.16 Å². The maximum absolute atomic E-state index is 10.4. The molecular weight excluding hydrogens is 308 g/mol. The monoisotopic (exact) mass is 332 g/mol. The summed E-state index contributed by atoms with van der Waals surface area (Å²) in [7, 11) is 1.45. The molecule has 0 aromatic heterocycles. The van der Waals surface area contributed by atoms with Crippen molar-refractivity contribution in [1.82, 2.24) is 0 Å². The number of hydrogen-bond acceptors (Lipinski definition) is 5. The Morgan fingerprint density at radius 2 is 1.50 bits per heavy atom. The van der Waals surface area contributed by atoms with Gasteiger partial charge in [0, 0.05) is 12.5 Å². The fourth-order valence-electron chi connectivity index (χ4n) is 0.989. The summed E-state index contributed by atoms with van der Waals surface area (Å²) < 4.78 is 0. The molecule has 24 heavy (non-hydrogen) atoms. The second-order valence-corrected chi connectivity index (χ2v) is 4.43. The van der Waals surface area contributed by atoms with Gasteiger partial charge in [-0.15, -0.1) is 0 Å². The van der Waals surface area contributed by atoms with Crippen LogP contribution in [0.5, 0.6) is 0 Å². The fourth-order valence-corrected chi connectivity index (χ4v) is 0.989. The topological polar surface area (TPSA) is 81.8 Å². The lowest BCUT2D eigenvalue weighted by atomic mass is 10.1. The minimum Gasteiger partial charge on any atom is -0.399 e. The number of carbonyl (C=O) groups excluding carboxylic acids is 1. The molecule has 0 bridgehead atoms. The Morgan fingerprint density at radius 3 is 1.88 bits per heavy atom. The lowest BCUT2D eigenvalue weighted by Gasteiger charge is -2.00. The summed E-state index contributed by atoms with van der Waals surface area (Å²) in [6, 6.07) is 0. The average Bonchev–Trinajstić information content (AvgIpc) is 2.56. The zero-order valence-corrected chi connectivity index (χ0v) is 14.4. The van der Waals surface area contributed by atoms with E-state index < -0.39 is 4.92 Å². The van der Waals surface area contributed by atoms with Crippen molar-refractivity contribution in [3.05, 3.63) is 83.2 Å². The van der Waals surface area contributed by atoms with Crippen LogP contribution >= 0.6 is 0 Å². The number of rotatable bonds is 9. The number of carbonyl (C=O) groups is 1. The van der Waals surface area contributed by atoms with Crippen LogP contribution in [0, 0.1) is 10.1 Å². The Kier molecular flexibility index (Phi) is 13.2. The first kappa shape index (κ1) is 23.2. The number of oxime groups is 1. The largest absolute Gasteiger partial charge is 0.399 e. The van der Waals surface area contributed by atoms with Crippen molar-refractivity contribution in [2.45, 2.75) is 20.3 Å². The van der Waals surface area contributed by atoms with Crippen molar-refractivity contribution in [1.29, 1.82) is 0 Å². The zero-order valence-electron chi connectivity index (χ0n) is 14.4. The van der Waals surface area contributed by atoms with Gasteiger partial charge in [0.05, 0.1) is 10.6 Å². The number of nitrogens with zero attached hydrogens (tertiary/aromatic N) is 2. The van der Waals surface area contributed by atoms with Gasteiger partial charge in [0.1, 0.15) is 13.4 Å². The molecule has 0 unspecified atom stereocenters. The van der Waals surface area contributed by atoms with Crippen LogP contribution in [0.25, 0.3) is 0 Å². The number of hydrogen-bond donors (Lipinski definition) is 0. The molecule has 0 saturated heterocycles. The summed E-state index contributed by atoms with van der Waals surface area (Å²) in [5, 5.41) is 14.1. The molecule has 0 aromatic rings. The van der Waals surface area contributed by atoms with E-state index in [2.05, 4.69) is 36.3 Å². The van der Waals surface area contributed by atoms with Crippen molar-refractivity contribution in [2.75, 3.05) is 7.11 Å². The van der Waals surface area contributed by atoms with Gasteiger partial charge in [-0.25, -0.2) is 0 Å². The molecule has 0 saturated carbocycles. The summed E-state index contributed by atoms with van der Waals surface area (Å²) in [6.45, 7) is 18.2. The lowest BCUT2D eigenvalue weighted by molar-refractivity contribution is -0.418. The molecule has 0 aliphatic carbocycles. The number of aldehydes is 1.